The summed E-state index contributed by atoms with van der Waals surface area (Å²) in [6, 6.07) is -0.477. The smallest absolute Gasteiger partial charge is 0.239 e. The molecule has 2 amide bonds. The number of nitrogens with one attached hydrogen (secondary N) is 2. The van der Waals surface area contributed by atoms with Gasteiger partial charge in [-0.1, -0.05) is 0 Å². The molecule has 6 nitrogen and oxygen atoms in total. The van der Waals surface area contributed by atoms with Crippen molar-refractivity contribution >= 4 is 11.8 Å². The third-order valence-electron chi connectivity index (χ3n) is 4.36. The van der Waals surface area contributed by atoms with Crippen LogP contribution < -0.4 is 10.6 Å². The number of piperazine rings is 1. The Kier molecular flexibility index (Phi) is 5.37. The summed E-state index contributed by atoms with van der Waals surface area (Å²) in [4.78, 5) is 28.5. The summed E-state index contributed by atoms with van der Waals surface area (Å²) in [5.41, 5.74) is 0. The molecule has 2 unspecified atom stereocenters. The first kappa shape index (κ1) is 15.3. The second kappa shape index (κ2) is 7.04. The quantitative estimate of drug-likeness (QED) is 0.726. The predicted molar refractivity (Wildman–Crippen MR) is 77.3 cm³/mol. The van der Waals surface area contributed by atoms with Gasteiger partial charge in [0.25, 0.3) is 0 Å². The molecule has 0 bridgehead atoms. The number of carbonyl (C=O) groups excluding carboxylic acids is 2. The summed E-state index contributed by atoms with van der Waals surface area (Å²) < 4.78 is 0. The van der Waals surface area contributed by atoms with E-state index >= 15 is 0 Å². The van der Waals surface area contributed by atoms with Crippen LogP contribution in [-0.4, -0.2) is 73.5 Å². The molecule has 0 radical (unpaired) electrons. The molecule has 2 N–H and O–H groups in total. The molecule has 2 heterocycles. The van der Waals surface area contributed by atoms with Gasteiger partial charge in [-0.15, -0.1) is 0 Å². The first-order valence-corrected chi connectivity index (χ1v) is 7.62. The van der Waals surface area contributed by atoms with Crippen molar-refractivity contribution in [2.75, 3.05) is 39.8 Å². The van der Waals surface area contributed by atoms with E-state index in [0.717, 1.165) is 39.0 Å². The maximum Gasteiger partial charge on any atom is 0.239 e. The van der Waals surface area contributed by atoms with Gasteiger partial charge in [-0.3, -0.25) is 14.5 Å². The monoisotopic (exact) mass is 282 g/mol. The van der Waals surface area contributed by atoms with Crippen molar-refractivity contribution < 1.29 is 9.59 Å². The van der Waals surface area contributed by atoms with E-state index < -0.39 is 0 Å². The zero-order valence-corrected chi connectivity index (χ0v) is 12.5. The van der Waals surface area contributed by atoms with Crippen molar-refractivity contribution in [3.63, 3.8) is 0 Å². The van der Waals surface area contributed by atoms with Gasteiger partial charge < -0.3 is 15.5 Å². The highest BCUT2D eigenvalue weighted by atomic mass is 16.2. The molecule has 2 atom stereocenters. The summed E-state index contributed by atoms with van der Waals surface area (Å²) in [5, 5.41) is 5.92. The molecule has 2 saturated heterocycles. The first-order chi connectivity index (χ1) is 9.65. The number of likely N-dealkylation sites (tertiary alicyclic amines) is 1. The van der Waals surface area contributed by atoms with Crippen molar-refractivity contribution in [1.29, 1.82) is 0 Å². The van der Waals surface area contributed by atoms with Crippen LogP contribution >= 0.6 is 0 Å². The third-order valence-corrected chi connectivity index (χ3v) is 4.36. The van der Waals surface area contributed by atoms with Gasteiger partial charge in [0, 0.05) is 39.8 Å². The lowest BCUT2D eigenvalue weighted by Crippen LogP contribution is -2.62. The van der Waals surface area contributed by atoms with Crippen molar-refractivity contribution in [1.82, 2.24) is 20.4 Å². The fraction of sp³-hybridized carbons (Fsp3) is 0.857. The molecule has 2 aliphatic rings. The number of likely N-dealkylation sites (N-methyl/N-ethyl adjacent to an activating group) is 1. The van der Waals surface area contributed by atoms with E-state index in [1.165, 1.54) is 6.42 Å². The van der Waals surface area contributed by atoms with Gasteiger partial charge in [0.1, 0.15) is 6.04 Å². The van der Waals surface area contributed by atoms with Crippen LogP contribution in [0.1, 0.15) is 26.2 Å². The maximum absolute atomic E-state index is 12.6. The van der Waals surface area contributed by atoms with E-state index in [9.17, 15) is 9.59 Å². The number of carbonyl (C=O) groups is 2. The number of nitrogens with zero attached hydrogens (tertiary/aromatic N) is 2. The normalized spacial score (nSPS) is 26.1. The fourth-order valence-corrected chi connectivity index (χ4v) is 3.11. The van der Waals surface area contributed by atoms with E-state index in [1.54, 1.807) is 7.05 Å². The SMILES string of the molecule is CNC(=O)C1CNCCN1C(C)C(=O)N1CCCCC1. The van der Waals surface area contributed by atoms with Gasteiger partial charge in [0.05, 0.1) is 6.04 Å². The van der Waals surface area contributed by atoms with Crippen molar-refractivity contribution in [2.45, 2.75) is 38.3 Å². The Balaban J connectivity index is 2.02. The highest BCUT2D eigenvalue weighted by Crippen LogP contribution is 2.15. The van der Waals surface area contributed by atoms with Crippen molar-refractivity contribution in [2.24, 2.45) is 0 Å². The van der Waals surface area contributed by atoms with Crippen LogP contribution in [0.2, 0.25) is 0 Å². The summed E-state index contributed by atoms with van der Waals surface area (Å²) in [5.74, 6) is 0.149. The van der Waals surface area contributed by atoms with Crippen LogP contribution in [-0.2, 0) is 9.59 Å². The molecule has 114 valence electrons. The molecular weight excluding hydrogens is 256 g/mol. The van der Waals surface area contributed by atoms with Crippen LogP contribution in [0.4, 0.5) is 0 Å². The van der Waals surface area contributed by atoms with Crippen LogP contribution in [0.25, 0.3) is 0 Å². The fourth-order valence-electron chi connectivity index (χ4n) is 3.11. The summed E-state index contributed by atoms with van der Waals surface area (Å²) >= 11 is 0. The molecule has 20 heavy (non-hydrogen) atoms. The Morgan fingerprint density at radius 1 is 1.20 bits per heavy atom. The summed E-state index contributed by atoms with van der Waals surface area (Å²) in [6.07, 6.45) is 3.41. The molecular formula is C14H26N4O2. The van der Waals surface area contributed by atoms with Gasteiger partial charge in [-0.2, -0.15) is 0 Å². The lowest BCUT2D eigenvalue weighted by Gasteiger charge is -2.40. The Morgan fingerprint density at radius 2 is 1.90 bits per heavy atom. The molecule has 6 heteroatoms. The van der Waals surface area contributed by atoms with Crippen molar-refractivity contribution in [3.8, 4) is 0 Å². The van der Waals surface area contributed by atoms with Crippen LogP contribution in [0.5, 0.6) is 0 Å². The number of amides is 2. The second-order valence-electron chi connectivity index (χ2n) is 5.63. The van der Waals surface area contributed by atoms with Crippen LogP contribution in [0.15, 0.2) is 0 Å². The maximum atomic E-state index is 12.6. The largest absolute Gasteiger partial charge is 0.358 e. The van der Waals surface area contributed by atoms with Gasteiger partial charge in [0.2, 0.25) is 11.8 Å². The minimum absolute atomic E-state index is 0.0181. The Hall–Kier alpha value is -1.14. The molecule has 2 fully saturated rings. The Labute approximate surface area is 120 Å². The van der Waals surface area contributed by atoms with E-state index in [-0.39, 0.29) is 23.9 Å². The number of piperidine rings is 1. The van der Waals surface area contributed by atoms with Gasteiger partial charge >= 0.3 is 0 Å². The topological polar surface area (TPSA) is 64.7 Å². The lowest BCUT2D eigenvalue weighted by molar-refractivity contribution is -0.140. The molecule has 0 aromatic rings. The highest BCUT2D eigenvalue weighted by molar-refractivity contribution is 5.85. The second-order valence-corrected chi connectivity index (χ2v) is 5.63. The predicted octanol–water partition coefficient (Wildman–Crippen LogP) is -0.593. The molecule has 0 aromatic heterocycles. The average Bonchev–Trinajstić information content (AvgIpc) is 2.53. The van der Waals surface area contributed by atoms with E-state index in [4.69, 9.17) is 0 Å². The lowest BCUT2D eigenvalue weighted by atomic mass is 10.1. The molecule has 0 aliphatic carbocycles. The zero-order valence-electron chi connectivity index (χ0n) is 12.5. The van der Waals surface area contributed by atoms with E-state index in [0.29, 0.717) is 6.54 Å². The van der Waals surface area contributed by atoms with Crippen LogP contribution in [0, 0.1) is 0 Å². The van der Waals surface area contributed by atoms with Crippen LogP contribution in [0.3, 0.4) is 0 Å². The molecule has 0 aromatic carbocycles. The number of rotatable bonds is 3. The summed E-state index contributed by atoms with van der Waals surface area (Å²) in [6.45, 7) is 5.82. The molecule has 2 rings (SSSR count). The highest BCUT2D eigenvalue weighted by Gasteiger charge is 2.35. The van der Waals surface area contributed by atoms with Gasteiger partial charge in [0.15, 0.2) is 0 Å². The minimum atomic E-state index is -0.252. The van der Waals surface area contributed by atoms with E-state index in [1.807, 2.05) is 16.7 Å². The summed E-state index contributed by atoms with van der Waals surface area (Å²) in [7, 11) is 1.65. The third kappa shape index (κ3) is 3.30. The average molecular weight is 282 g/mol. The molecule has 2 aliphatic heterocycles. The van der Waals surface area contributed by atoms with Gasteiger partial charge in [-0.05, 0) is 26.2 Å². The number of hydrogen-bond donors (Lipinski definition) is 2. The van der Waals surface area contributed by atoms with E-state index in [2.05, 4.69) is 10.6 Å². The number of hydrogen-bond acceptors (Lipinski definition) is 4. The first-order valence-electron chi connectivity index (χ1n) is 7.62. The Bertz CT molecular complexity index is 355. The van der Waals surface area contributed by atoms with Gasteiger partial charge in [-0.25, -0.2) is 0 Å². The Morgan fingerprint density at radius 3 is 2.55 bits per heavy atom. The zero-order chi connectivity index (χ0) is 14.5. The minimum Gasteiger partial charge on any atom is -0.358 e. The van der Waals surface area contributed by atoms with Crippen molar-refractivity contribution in [3.05, 3.63) is 0 Å². The standard InChI is InChI=1S/C14H26N4O2/c1-11(14(20)17-7-4-3-5-8-17)18-9-6-16-10-12(18)13(19)15-2/h11-12,16H,3-10H2,1-2H3,(H,15,19). The molecule has 0 spiro atoms. The molecule has 0 saturated carbocycles.